The molecule has 0 fully saturated rings. The van der Waals surface area contributed by atoms with E-state index in [9.17, 15) is 0 Å². The summed E-state index contributed by atoms with van der Waals surface area (Å²) in [6.45, 7) is 0. The Balaban J connectivity index is 0.00000108. The van der Waals surface area contributed by atoms with Crippen LogP contribution in [0.2, 0.25) is 0 Å². The van der Waals surface area contributed by atoms with Crippen molar-refractivity contribution in [2.45, 2.75) is 0 Å². The molecule has 0 saturated carbocycles. The Labute approximate surface area is 108 Å². The van der Waals surface area contributed by atoms with Gasteiger partial charge in [0.2, 0.25) is 0 Å². The van der Waals surface area contributed by atoms with Crippen LogP contribution >= 0.6 is 23.7 Å². The van der Waals surface area contributed by atoms with Crippen molar-refractivity contribution >= 4 is 45.6 Å². The second-order valence-electron chi connectivity index (χ2n) is 3.20. The molecular weight excluding hydrogens is 256 g/mol. The maximum absolute atomic E-state index is 4.23. The number of fused-ring (bicyclic) bond motifs is 1. The first-order chi connectivity index (χ1) is 7.93. The Hall–Kier alpha value is -1.72. The molecule has 0 aliphatic heterocycles. The molecule has 0 spiro atoms. The second-order valence-corrected chi connectivity index (χ2v) is 4.10. The molecule has 1 aromatic carbocycles. The van der Waals surface area contributed by atoms with E-state index in [4.69, 9.17) is 0 Å². The third-order valence-corrected chi connectivity index (χ3v) is 2.89. The van der Waals surface area contributed by atoms with Crippen LogP contribution in [-0.2, 0) is 0 Å². The summed E-state index contributed by atoms with van der Waals surface area (Å²) in [7, 11) is 0. The molecule has 3 aromatic rings. The van der Waals surface area contributed by atoms with Crippen molar-refractivity contribution in [1.82, 2.24) is 15.0 Å². The van der Waals surface area contributed by atoms with E-state index < -0.39 is 0 Å². The number of rotatable bonds is 2. The second kappa shape index (κ2) is 5.07. The quantitative estimate of drug-likeness (QED) is 0.772. The van der Waals surface area contributed by atoms with Crippen molar-refractivity contribution in [3.63, 3.8) is 0 Å². The molecule has 3 rings (SSSR count). The van der Waals surface area contributed by atoms with Crippen LogP contribution in [0.1, 0.15) is 0 Å². The topological polar surface area (TPSA) is 50.7 Å². The molecule has 0 aliphatic rings. The zero-order chi connectivity index (χ0) is 10.8. The van der Waals surface area contributed by atoms with Crippen molar-refractivity contribution in [1.29, 1.82) is 0 Å². The largest absolute Gasteiger partial charge is 0.316 e. The Bertz CT molecular complexity index is 606. The number of benzene rings is 1. The summed E-state index contributed by atoms with van der Waals surface area (Å²) in [6, 6.07) is 7.89. The third-order valence-electron chi connectivity index (χ3n) is 2.20. The number of nitrogens with zero attached hydrogens (tertiary/aromatic N) is 3. The Kier molecular flexibility index (Phi) is 3.51. The molecule has 0 amide bonds. The first-order valence-electron chi connectivity index (χ1n) is 4.80. The minimum atomic E-state index is 0. The third kappa shape index (κ3) is 2.35. The fraction of sp³-hybridized carbons (Fsp3) is 0. The highest BCUT2D eigenvalue weighted by Crippen LogP contribution is 2.23. The van der Waals surface area contributed by atoms with Crippen molar-refractivity contribution < 1.29 is 0 Å². The van der Waals surface area contributed by atoms with Crippen LogP contribution in [0.3, 0.4) is 0 Å². The number of para-hydroxylation sites is 1. The molecule has 0 aliphatic carbocycles. The van der Waals surface area contributed by atoms with Crippen molar-refractivity contribution in [2.24, 2.45) is 0 Å². The highest BCUT2D eigenvalue weighted by atomic mass is 35.5. The van der Waals surface area contributed by atoms with Gasteiger partial charge in [0.15, 0.2) is 5.13 Å². The molecular formula is C11H9ClN4S. The number of halogens is 1. The zero-order valence-corrected chi connectivity index (χ0v) is 10.3. The first kappa shape index (κ1) is 11.8. The first-order valence-corrected chi connectivity index (χ1v) is 5.68. The van der Waals surface area contributed by atoms with E-state index in [1.165, 1.54) is 0 Å². The summed E-state index contributed by atoms with van der Waals surface area (Å²) in [4.78, 5) is 12.6. The molecule has 2 aromatic heterocycles. The lowest BCUT2D eigenvalue weighted by Gasteiger charge is -2.04. The fourth-order valence-electron chi connectivity index (χ4n) is 1.49. The van der Waals surface area contributed by atoms with Crippen LogP contribution in [0.25, 0.3) is 10.9 Å². The summed E-state index contributed by atoms with van der Waals surface area (Å²) in [5.74, 6) is 0.792. The van der Waals surface area contributed by atoms with Gasteiger partial charge in [0.05, 0.1) is 5.52 Å². The molecule has 2 heterocycles. The van der Waals surface area contributed by atoms with Gasteiger partial charge in [-0.25, -0.2) is 15.0 Å². The van der Waals surface area contributed by atoms with Gasteiger partial charge in [0, 0.05) is 17.0 Å². The van der Waals surface area contributed by atoms with Gasteiger partial charge < -0.3 is 5.32 Å². The van der Waals surface area contributed by atoms with Crippen LogP contribution in [0, 0.1) is 0 Å². The van der Waals surface area contributed by atoms with E-state index in [1.54, 1.807) is 23.9 Å². The van der Waals surface area contributed by atoms with Gasteiger partial charge in [-0.2, -0.15) is 0 Å². The number of aromatic nitrogens is 3. The lowest BCUT2D eigenvalue weighted by Crippen LogP contribution is -1.94. The normalized spacial score (nSPS) is 9.88. The monoisotopic (exact) mass is 264 g/mol. The minimum absolute atomic E-state index is 0. The number of hydrogen-bond acceptors (Lipinski definition) is 5. The summed E-state index contributed by atoms with van der Waals surface area (Å²) in [5, 5.41) is 6.94. The van der Waals surface area contributed by atoms with E-state index >= 15 is 0 Å². The minimum Gasteiger partial charge on any atom is -0.316 e. The number of anilines is 2. The highest BCUT2D eigenvalue weighted by molar-refractivity contribution is 7.13. The lowest BCUT2D eigenvalue weighted by atomic mass is 10.2. The Morgan fingerprint density at radius 3 is 2.76 bits per heavy atom. The summed E-state index contributed by atoms with van der Waals surface area (Å²) >= 11 is 1.54. The molecule has 0 bridgehead atoms. The molecule has 0 radical (unpaired) electrons. The van der Waals surface area contributed by atoms with Gasteiger partial charge in [0.25, 0.3) is 0 Å². The van der Waals surface area contributed by atoms with Gasteiger partial charge in [-0.3, -0.25) is 0 Å². The van der Waals surface area contributed by atoms with Gasteiger partial charge >= 0.3 is 0 Å². The van der Waals surface area contributed by atoms with E-state index in [1.807, 2.05) is 29.6 Å². The van der Waals surface area contributed by atoms with E-state index in [-0.39, 0.29) is 12.4 Å². The van der Waals surface area contributed by atoms with Crippen LogP contribution in [0.15, 0.2) is 42.2 Å². The maximum atomic E-state index is 4.23. The molecule has 0 unspecified atom stereocenters. The molecule has 0 atom stereocenters. The summed E-state index contributed by atoms with van der Waals surface area (Å²) in [6.07, 6.45) is 3.31. The smallest absolute Gasteiger partial charge is 0.188 e. The number of thiazole rings is 1. The van der Waals surface area contributed by atoms with E-state index in [0.29, 0.717) is 0 Å². The molecule has 17 heavy (non-hydrogen) atoms. The van der Waals surface area contributed by atoms with Crippen LogP contribution in [0.4, 0.5) is 10.9 Å². The van der Waals surface area contributed by atoms with Gasteiger partial charge in [0.1, 0.15) is 12.1 Å². The van der Waals surface area contributed by atoms with E-state index in [0.717, 1.165) is 21.9 Å². The molecule has 0 saturated heterocycles. The van der Waals surface area contributed by atoms with Crippen molar-refractivity contribution in [3.8, 4) is 0 Å². The van der Waals surface area contributed by atoms with Crippen LogP contribution < -0.4 is 5.32 Å². The highest BCUT2D eigenvalue weighted by Gasteiger charge is 2.03. The standard InChI is InChI=1S/C11H8N4S.ClH/c1-2-4-9-8(3-1)10(14-7-13-9)15-11-12-5-6-16-11;/h1-7H,(H,12,13,14,15);1H. The van der Waals surface area contributed by atoms with Gasteiger partial charge in [-0.15, -0.1) is 23.7 Å². The average Bonchev–Trinajstić information content (AvgIpc) is 2.82. The van der Waals surface area contributed by atoms with E-state index in [2.05, 4.69) is 20.3 Å². The summed E-state index contributed by atoms with van der Waals surface area (Å²) < 4.78 is 0. The van der Waals surface area contributed by atoms with Crippen molar-refractivity contribution in [2.75, 3.05) is 5.32 Å². The molecule has 6 heteroatoms. The predicted molar refractivity (Wildman–Crippen MR) is 72.2 cm³/mol. The number of hydrogen-bond donors (Lipinski definition) is 1. The fourth-order valence-corrected chi connectivity index (χ4v) is 2.02. The van der Waals surface area contributed by atoms with Gasteiger partial charge in [-0.05, 0) is 12.1 Å². The van der Waals surface area contributed by atoms with Gasteiger partial charge in [-0.1, -0.05) is 12.1 Å². The summed E-state index contributed by atoms with van der Waals surface area (Å²) in [5.41, 5.74) is 0.927. The SMILES string of the molecule is Cl.c1ccc2c(Nc3nccs3)ncnc2c1. The lowest BCUT2D eigenvalue weighted by molar-refractivity contribution is 1.21. The van der Waals surface area contributed by atoms with Crippen molar-refractivity contribution in [3.05, 3.63) is 42.2 Å². The number of nitrogens with one attached hydrogen (secondary N) is 1. The molecule has 86 valence electrons. The average molecular weight is 265 g/mol. The van der Waals surface area contributed by atoms with Crippen LogP contribution in [0.5, 0.6) is 0 Å². The molecule has 1 N–H and O–H groups in total. The predicted octanol–water partition coefficient (Wildman–Crippen LogP) is 3.25. The molecule has 4 nitrogen and oxygen atoms in total. The Morgan fingerprint density at radius 2 is 1.94 bits per heavy atom. The Morgan fingerprint density at radius 1 is 1.06 bits per heavy atom. The van der Waals surface area contributed by atoms with Crippen LogP contribution in [-0.4, -0.2) is 15.0 Å². The maximum Gasteiger partial charge on any atom is 0.188 e. The zero-order valence-electron chi connectivity index (χ0n) is 8.70.